The van der Waals surface area contributed by atoms with Crippen molar-refractivity contribution in [1.29, 1.82) is 0 Å². The van der Waals surface area contributed by atoms with Crippen LogP contribution in [0, 0.1) is 0 Å². The van der Waals surface area contributed by atoms with Crippen LogP contribution < -0.4 is 16.2 Å². The van der Waals surface area contributed by atoms with Gasteiger partial charge in [-0.2, -0.15) is 0 Å². The van der Waals surface area contributed by atoms with Gasteiger partial charge in [0.15, 0.2) is 0 Å². The lowest BCUT2D eigenvalue weighted by molar-refractivity contribution is -0.302. The van der Waals surface area contributed by atoms with Gasteiger partial charge in [-0.15, -0.1) is 0 Å². The molecule has 0 aliphatic rings. The van der Waals surface area contributed by atoms with Gasteiger partial charge in [0, 0.05) is 10.7 Å². The van der Waals surface area contributed by atoms with Gasteiger partial charge >= 0.3 is 0 Å². The van der Waals surface area contributed by atoms with Crippen LogP contribution in [0.4, 0.5) is 5.69 Å². The minimum atomic E-state index is -1.29. The summed E-state index contributed by atoms with van der Waals surface area (Å²) in [4.78, 5) is 21.2. The number of hydrogen-bond donors (Lipinski definition) is 2. The van der Waals surface area contributed by atoms with Gasteiger partial charge in [0.05, 0.1) is 18.1 Å². The molecule has 1 amide bonds. The summed E-state index contributed by atoms with van der Waals surface area (Å²) in [6.07, 6.45) is 0. The first-order chi connectivity index (χ1) is 7.00. The van der Waals surface area contributed by atoms with Gasteiger partial charge in [-0.1, -0.05) is 11.6 Å². The summed E-state index contributed by atoms with van der Waals surface area (Å²) in [7, 11) is 0. The van der Waals surface area contributed by atoms with E-state index in [1.54, 1.807) is 0 Å². The van der Waals surface area contributed by atoms with Crippen LogP contribution in [-0.4, -0.2) is 18.4 Å². The molecule has 0 radical (unpaired) electrons. The third kappa shape index (κ3) is 3.14. The number of nitrogens with one attached hydrogen (secondary N) is 1. The Hall–Kier alpha value is -1.75. The number of anilines is 1. The molecule has 0 saturated heterocycles. The summed E-state index contributed by atoms with van der Waals surface area (Å²) in [6, 6.07) is 4.33. The molecular weight excluding hydrogens is 220 g/mol. The predicted octanol–water partition coefficient (Wildman–Crippen LogP) is -0.399. The number of amides is 1. The number of benzene rings is 1. The minimum Gasteiger partial charge on any atom is -0.548 e. The van der Waals surface area contributed by atoms with Crippen LogP contribution in [0.15, 0.2) is 18.2 Å². The first kappa shape index (κ1) is 11.3. The van der Waals surface area contributed by atoms with E-state index in [9.17, 15) is 14.7 Å². The highest BCUT2D eigenvalue weighted by molar-refractivity contribution is 6.31. The van der Waals surface area contributed by atoms with E-state index in [1.165, 1.54) is 18.2 Å². The highest BCUT2D eigenvalue weighted by atomic mass is 35.5. The van der Waals surface area contributed by atoms with Gasteiger partial charge in [-0.05, 0) is 18.2 Å². The van der Waals surface area contributed by atoms with Crippen LogP contribution in [-0.2, 0) is 4.79 Å². The molecule has 0 unspecified atom stereocenters. The molecule has 0 aliphatic carbocycles. The summed E-state index contributed by atoms with van der Waals surface area (Å²) in [5.41, 5.74) is 5.54. The second-order valence-corrected chi connectivity index (χ2v) is 3.22. The second kappa shape index (κ2) is 4.65. The lowest BCUT2D eigenvalue weighted by atomic mass is 10.1. The zero-order valence-electron chi connectivity index (χ0n) is 7.62. The highest BCUT2D eigenvalue weighted by Crippen LogP contribution is 2.20. The normalized spacial score (nSPS) is 9.67. The molecule has 0 aliphatic heterocycles. The van der Waals surface area contributed by atoms with Crippen molar-refractivity contribution in [3.05, 3.63) is 28.8 Å². The summed E-state index contributed by atoms with van der Waals surface area (Å²) in [6.45, 7) is -0.416. The molecular formula is C9H8ClN2O3-. The molecule has 0 aromatic heterocycles. The van der Waals surface area contributed by atoms with Crippen molar-refractivity contribution in [3.63, 3.8) is 0 Å². The molecule has 0 spiro atoms. The van der Waals surface area contributed by atoms with Crippen LogP contribution in [0.2, 0.25) is 5.02 Å². The van der Waals surface area contributed by atoms with Crippen molar-refractivity contribution in [3.8, 4) is 0 Å². The molecule has 3 N–H and O–H groups in total. The van der Waals surface area contributed by atoms with Gasteiger partial charge in [0.2, 0.25) is 0 Å². The first-order valence-electron chi connectivity index (χ1n) is 4.04. The van der Waals surface area contributed by atoms with Crippen LogP contribution in [0.25, 0.3) is 0 Å². The van der Waals surface area contributed by atoms with E-state index in [0.29, 0.717) is 5.02 Å². The van der Waals surface area contributed by atoms with E-state index < -0.39 is 18.4 Å². The van der Waals surface area contributed by atoms with Crippen LogP contribution in [0.1, 0.15) is 10.4 Å². The zero-order valence-corrected chi connectivity index (χ0v) is 8.38. The molecule has 0 fully saturated rings. The number of nitrogens with two attached hydrogens (primary N) is 1. The molecule has 0 saturated carbocycles. The predicted molar refractivity (Wildman–Crippen MR) is 53.5 cm³/mol. The Morgan fingerprint density at radius 2 is 2.13 bits per heavy atom. The smallest absolute Gasteiger partial charge is 0.250 e. The van der Waals surface area contributed by atoms with E-state index >= 15 is 0 Å². The quantitative estimate of drug-likeness (QED) is 0.732. The van der Waals surface area contributed by atoms with Gasteiger partial charge < -0.3 is 21.0 Å². The number of carboxylic acid groups (broad SMARTS) is 1. The number of carbonyl (C=O) groups excluding carboxylic acids is 2. The monoisotopic (exact) mass is 227 g/mol. The fourth-order valence-corrected chi connectivity index (χ4v) is 1.22. The SMILES string of the molecule is NC(=O)c1ccc(Cl)cc1NCC(=O)[O-]. The van der Waals surface area contributed by atoms with E-state index in [2.05, 4.69) is 5.32 Å². The number of halogens is 1. The van der Waals surface area contributed by atoms with Crippen LogP contribution >= 0.6 is 11.6 Å². The van der Waals surface area contributed by atoms with Crippen molar-refractivity contribution in [2.24, 2.45) is 5.73 Å². The maximum absolute atomic E-state index is 11.0. The second-order valence-electron chi connectivity index (χ2n) is 2.78. The Labute approximate surface area is 90.8 Å². The highest BCUT2D eigenvalue weighted by Gasteiger charge is 2.07. The fourth-order valence-electron chi connectivity index (χ4n) is 1.04. The summed E-state index contributed by atoms with van der Waals surface area (Å²) in [5, 5.41) is 13.1. The maximum atomic E-state index is 11.0. The summed E-state index contributed by atoms with van der Waals surface area (Å²) in [5.74, 6) is -1.95. The van der Waals surface area contributed by atoms with E-state index in [1.807, 2.05) is 0 Å². The van der Waals surface area contributed by atoms with Crippen molar-refractivity contribution < 1.29 is 14.7 Å². The Balaban J connectivity index is 2.96. The molecule has 15 heavy (non-hydrogen) atoms. The largest absolute Gasteiger partial charge is 0.548 e. The fraction of sp³-hybridized carbons (Fsp3) is 0.111. The topological polar surface area (TPSA) is 95.2 Å². The number of aliphatic carboxylic acids is 1. The number of primary amides is 1. The lowest BCUT2D eigenvalue weighted by Gasteiger charge is -2.10. The van der Waals surface area contributed by atoms with Crippen LogP contribution in [0.5, 0.6) is 0 Å². The van der Waals surface area contributed by atoms with Gasteiger partial charge in [0.1, 0.15) is 0 Å². The third-order valence-corrected chi connectivity index (χ3v) is 1.91. The molecule has 6 heteroatoms. The van der Waals surface area contributed by atoms with Crippen LogP contribution in [0.3, 0.4) is 0 Å². The molecule has 1 aromatic rings. The average molecular weight is 228 g/mol. The van der Waals surface area contributed by atoms with Crippen molar-refractivity contribution in [2.75, 3.05) is 11.9 Å². The Bertz CT molecular complexity index is 406. The standard InChI is InChI=1S/C9H9ClN2O3/c10-5-1-2-6(9(11)15)7(3-5)12-4-8(13)14/h1-3,12H,4H2,(H2,11,15)(H,13,14)/p-1. The van der Waals surface area contributed by atoms with E-state index in [-0.39, 0.29) is 11.3 Å². The molecule has 0 atom stereocenters. The molecule has 80 valence electrons. The van der Waals surface area contributed by atoms with Gasteiger partial charge in [-0.25, -0.2) is 0 Å². The molecule has 5 nitrogen and oxygen atoms in total. The average Bonchev–Trinajstić information content (AvgIpc) is 2.14. The Morgan fingerprint density at radius 3 is 2.67 bits per heavy atom. The molecule has 1 rings (SSSR count). The Kier molecular flexibility index (Phi) is 3.51. The summed E-state index contributed by atoms with van der Waals surface area (Å²) < 4.78 is 0. The number of carboxylic acids is 1. The number of rotatable bonds is 4. The zero-order chi connectivity index (χ0) is 11.4. The van der Waals surface area contributed by atoms with E-state index in [0.717, 1.165) is 0 Å². The Morgan fingerprint density at radius 1 is 1.47 bits per heavy atom. The number of carbonyl (C=O) groups is 2. The van der Waals surface area contributed by atoms with Crippen molar-refractivity contribution in [2.45, 2.75) is 0 Å². The van der Waals surface area contributed by atoms with E-state index in [4.69, 9.17) is 17.3 Å². The minimum absolute atomic E-state index is 0.181. The maximum Gasteiger partial charge on any atom is 0.250 e. The summed E-state index contributed by atoms with van der Waals surface area (Å²) >= 11 is 5.68. The van der Waals surface area contributed by atoms with Crippen molar-refractivity contribution in [1.82, 2.24) is 0 Å². The third-order valence-electron chi connectivity index (χ3n) is 1.67. The van der Waals surface area contributed by atoms with Crippen molar-refractivity contribution >= 4 is 29.2 Å². The number of hydrogen-bond acceptors (Lipinski definition) is 4. The molecule has 0 bridgehead atoms. The molecule has 1 aromatic carbocycles. The molecule has 0 heterocycles. The van der Waals surface area contributed by atoms with Gasteiger partial charge in [-0.3, -0.25) is 4.79 Å². The van der Waals surface area contributed by atoms with Gasteiger partial charge in [0.25, 0.3) is 5.91 Å². The first-order valence-corrected chi connectivity index (χ1v) is 4.41. The lowest BCUT2D eigenvalue weighted by Crippen LogP contribution is -2.30.